The molecule has 0 radical (unpaired) electrons. The first-order valence-electron chi connectivity index (χ1n) is 8.88. The highest BCUT2D eigenvalue weighted by atomic mass is 16.5. The van der Waals surface area contributed by atoms with E-state index in [1.807, 2.05) is 53.4 Å². The van der Waals surface area contributed by atoms with Crippen LogP contribution in [0.1, 0.15) is 5.56 Å². The number of aromatic nitrogens is 1. The first kappa shape index (κ1) is 16.1. The number of hydrogen-bond acceptors (Lipinski definition) is 4. The number of likely N-dealkylation sites (tertiary alicyclic amines) is 1. The van der Waals surface area contributed by atoms with Crippen molar-refractivity contribution < 1.29 is 9.53 Å². The Bertz CT molecular complexity index is 707. The van der Waals surface area contributed by atoms with Gasteiger partial charge >= 0.3 is 0 Å². The fraction of sp³-hybridized carbons (Fsp3) is 0.400. The number of carbonyl (C=O) groups is 1. The largest absolute Gasteiger partial charge is 0.376 e. The number of fused-ring (bicyclic) bond motifs is 1. The number of nitrogens with one attached hydrogen (secondary N) is 1. The molecule has 2 fully saturated rings. The molecule has 130 valence electrons. The maximum absolute atomic E-state index is 12.6. The summed E-state index contributed by atoms with van der Waals surface area (Å²) in [7, 11) is 0. The SMILES string of the molecule is O=C(Cc1ccccc1)N1C[C@H]2[C@@H](CNc3ccccn3)CO[C@H]2C1. The Morgan fingerprint density at radius 3 is 2.80 bits per heavy atom. The van der Waals surface area contributed by atoms with Crippen molar-refractivity contribution in [3.05, 3.63) is 60.3 Å². The van der Waals surface area contributed by atoms with E-state index in [0.717, 1.165) is 37.6 Å². The predicted octanol–water partition coefficient (Wildman–Crippen LogP) is 2.21. The number of benzene rings is 1. The predicted molar refractivity (Wildman–Crippen MR) is 96.2 cm³/mol. The van der Waals surface area contributed by atoms with Gasteiger partial charge in [-0.15, -0.1) is 0 Å². The molecule has 1 aromatic carbocycles. The summed E-state index contributed by atoms with van der Waals surface area (Å²) in [5.74, 6) is 1.92. The number of nitrogens with zero attached hydrogens (tertiary/aromatic N) is 2. The minimum atomic E-state index is 0.176. The summed E-state index contributed by atoms with van der Waals surface area (Å²) in [5, 5.41) is 3.39. The van der Waals surface area contributed by atoms with Crippen molar-refractivity contribution in [2.75, 3.05) is 31.6 Å². The Morgan fingerprint density at radius 2 is 2.00 bits per heavy atom. The molecular formula is C20H23N3O2. The van der Waals surface area contributed by atoms with Crippen LogP contribution in [0.25, 0.3) is 0 Å². The average Bonchev–Trinajstić information content (AvgIpc) is 3.23. The van der Waals surface area contributed by atoms with Gasteiger partial charge < -0.3 is 15.0 Å². The Morgan fingerprint density at radius 1 is 1.16 bits per heavy atom. The summed E-state index contributed by atoms with van der Waals surface area (Å²) < 4.78 is 5.95. The average molecular weight is 337 g/mol. The van der Waals surface area contributed by atoms with Crippen LogP contribution in [0.15, 0.2) is 54.7 Å². The highest BCUT2D eigenvalue weighted by Gasteiger charge is 2.44. The number of anilines is 1. The molecule has 1 amide bonds. The van der Waals surface area contributed by atoms with Crippen molar-refractivity contribution in [2.45, 2.75) is 12.5 Å². The number of rotatable bonds is 5. The summed E-state index contributed by atoms with van der Waals surface area (Å²) in [6, 6.07) is 15.8. The maximum Gasteiger partial charge on any atom is 0.227 e. The highest BCUT2D eigenvalue weighted by molar-refractivity contribution is 5.79. The molecule has 2 aliphatic rings. The Balaban J connectivity index is 1.32. The molecule has 1 N–H and O–H groups in total. The zero-order valence-corrected chi connectivity index (χ0v) is 14.2. The number of carbonyl (C=O) groups excluding carboxylic acids is 1. The summed E-state index contributed by atoms with van der Waals surface area (Å²) in [6.07, 6.45) is 2.43. The number of ether oxygens (including phenoxy) is 1. The minimum absolute atomic E-state index is 0.176. The highest BCUT2D eigenvalue weighted by Crippen LogP contribution is 2.34. The van der Waals surface area contributed by atoms with E-state index in [9.17, 15) is 4.79 Å². The third-order valence-electron chi connectivity index (χ3n) is 5.20. The molecule has 25 heavy (non-hydrogen) atoms. The standard InChI is InChI=1S/C20H23N3O2/c24-20(10-15-6-2-1-3-7-15)23-12-17-16(14-25-18(17)13-23)11-22-19-8-4-5-9-21-19/h1-9,16-18H,10-14H2,(H,21,22)/t16-,17-,18-/m0/s1. The summed E-state index contributed by atoms with van der Waals surface area (Å²) in [6.45, 7) is 3.11. The molecule has 0 saturated carbocycles. The zero-order valence-electron chi connectivity index (χ0n) is 14.2. The molecule has 2 aliphatic heterocycles. The molecule has 0 aliphatic carbocycles. The molecular weight excluding hydrogens is 314 g/mol. The van der Waals surface area contributed by atoms with Crippen molar-refractivity contribution in [2.24, 2.45) is 11.8 Å². The van der Waals surface area contributed by atoms with Gasteiger partial charge in [-0.2, -0.15) is 0 Å². The number of hydrogen-bond donors (Lipinski definition) is 1. The van der Waals surface area contributed by atoms with Crippen LogP contribution < -0.4 is 5.32 Å². The number of amides is 1. The zero-order chi connectivity index (χ0) is 17.1. The van der Waals surface area contributed by atoms with E-state index >= 15 is 0 Å². The van der Waals surface area contributed by atoms with Crippen molar-refractivity contribution in [1.82, 2.24) is 9.88 Å². The van der Waals surface area contributed by atoms with E-state index in [2.05, 4.69) is 10.3 Å². The van der Waals surface area contributed by atoms with Crippen LogP contribution in [0.3, 0.4) is 0 Å². The molecule has 2 saturated heterocycles. The fourth-order valence-electron chi connectivity index (χ4n) is 3.80. The Kier molecular flexibility index (Phi) is 4.65. The van der Waals surface area contributed by atoms with Gasteiger partial charge in [-0.05, 0) is 17.7 Å². The van der Waals surface area contributed by atoms with E-state index in [4.69, 9.17) is 4.74 Å². The molecule has 0 bridgehead atoms. The summed E-state index contributed by atoms with van der Waals surface area (Å²) in [5.41, 5.74) is 1.07. The van der Waals surface area contributed by atoms with E-state index < -0.39 is 0 Å². The number of pyridine rings is 1. The first-order chi connectivity index (χ1) is 12.3. The minimum Gasteiger partial charge on any atom is -0.376 e. The normalized spacial score (nSPS) is 25.0. The molecule has 0 spiro atoms. The van der Waals surface area contributed by atoms with Crippen molar-refractivity contribution in [3.8, 4) is 0 Å². The molecule has 1 aromatic heterocycles. The second kappa shape index (κ2) is 7.23. The van der Waals surface area contributed by atoms with Gasteiger partial charge in [0.2, 0.25) is 5.91 Å². The van der Waals surface area contributed by atoms with Crippen LogP contribution in [0.5, 0.6) is 0 Å². The molecule has 5 nitrogen and oxygen atoms in total. The van der Waals surface area contributed by atoms with Gasteiger partial charge in [0.1, 0.15) is 5.82 Å². The molecule has 3 atom stereocenters. The van der Waals surface area contributed by atoms with Crippen molar-refractivity contribution in [1.29, 1.82) is 0 Å². The molecule has 2 aromatic rings. The van der Waals surface area contributed by atoms with Crippen molar-refractivity contribution >= 4 is 11.7 Å². The monoisotopic (exact) mass is 337 g/mol. The van der Waals surface area contributed by atoms with Crippen LogP contribution in [0.4, 0.5) is 5.82 Å². The molecule has 0 unspecified atom stereocenters. The van der Waals surface area contributed by atoms with E-state index in [1.54, 1.807) is 6.20 Å². The molecule has 5 heteroatoms. The topological polar surface area (TPSA) is 54.5 Å². The Labute approximate surface area is 148 Å². The van der Waals surface area contributed by atoms with E-state index in [-0.39, 0.29) is 12.0 Å². The van der Waals surface area contributed by atoms with Crippen LogP contribution in [-0.4, -0.2) is 48.1 Å². The van der Waals surface area contributed by atoms with Gasteiger partial charge in [0.25, 0.3) is 0 Å². The van der Waals surface area contributed by atoms with Gasteiger partial charge in [-0.25, -0.2) is 4.98 Å². The van der Waals surface area contributed by atoms with Crippen LogP contribution in [0.2, 0.25) is 0 Å². The lowest BCUT2D eigenvalue weighted by Gasteiger charge is -2.20. The van der Waals surface area contributed by atoms with Gasteiger partial charge in [0.05, 0.1) is 19.1 Å². The van der Waals surface area contributed by atoms with Gasteiger partial charge in [0, 0.05) is 37.7 Å². The lowest BCUT2D eigenvalue weighted by atomic mass is 9.93. The summed E-state index contributed by atoms with van der Waals surface area (Å²) in [4.78, 5) is 18.8. The third kappa shape index (κ3) is 3.66. The van der Waals surface area contributed by atoms with E-state index in [1.165, 1.54) is 0 Å². The van der Waals surface area contributed by atoms with Gasteiger partial charge in [-0.1, -0.05) is 36.4 Å². The van der Waals surface area contributed by atoms with Crippen molar-refractivity contribution in [3.63, 3.8) is 0 Å². The van der Waals surface area contributed by atoms with E-state index in [0.29, 0.717) is 18.3 Å². The van der Waals surface area contributed by atoms with Crippen LogP contribution >= 0.6 is 0 Å². The first-order valence-corrected chi connectivity index (χ1v) is 8.88. The molecule has 3 heterocycles. The maximum atomic E-state index is 12.6. The quantitative estimate of drug-likeness (QED) is 0.909. The molecule has 4 rings (SSSR count). The summed E-state index contributed by atoms with van der Waals surface area (Å²) >= 11 is 0. The lowest BCUT2D eigenvalue weighted by molar-refractivity contribution is -0.130. The van der Waals surface area contributed by atoms with Crippen LogP contribution in [0, 0.1) is 11.8 Å². The third-order valence-corrected chi connectivity index (χ3v) is 5.20. The van der Waals surface area contributed by atoms with Crippen LogP contribution in [-0.2, 0) is 16.0 Å². The Hall–Kier alpha value is -2.40. The lowest BCUT2D eigenvalue weighted by Crippen LogP contribution is -2.33. The van der Waals surface area contributed by atoms with Gasteiger partial charge in [0.15, 0.2) is 0 Å². The second-order valence-corrected chi connectivity index (χ2v) is 6.85. The fourth-order valence-corrected chi connectivity index (χ4v) is 3.80. The van der Waals surface area contributed by atoms with Gasteiger partial charge in [-0.3, -0.25) is 4.79 Å². The smallest absolute Gasteiger partial charge is 0.227 e. The second-order valence-electron chi connectivity index (χ2n) is 6.85.